The summed E-state index contributed by atoms with van der Waals surface area (Å²) in [5.41, 5.74) is 3.69. The molecule has 0 aliphatic rings. The predicted molar refractivity (Wildman–Crippen MR) is 79.4 cm³/mol. The molecule has 3 aromatic rings. The molecule has 2 nitrogen and oxygen atoms in total. The molecule has 102 valence electrons. The van der Waals surface area contributed by atoms with Gasteiger partial charge < -0.3 is 9.73 Å². The zero-order chi connectivity index (χ0) is 14.1. The number of rotatable bonds is 3. The number of furan rings is 1. The van der Waals surface area contributed by atoms with Crippen LogP contribution in [0.25, 0.3) is 11.0 Å². The van der Waals surface area contributed by atoms with Crippen LogP contribution in [-0.2, 0) is 6.54 Å². The third-order valence-corrected chi connectivity index (χ3v) is 3.41. The van der Waals surface area contributed by atoms with Crippen LogP contribution in [-0.4, -0.2) is 0 Å². The van der Waals surface area contributed by atoms with E-state index in [1.165, 1.54) is 12.1 Å². The van der Waals surface area contributed by atoms with Crippen molar-refractivity contribution in [3.63, 3.8) is 0 Å². The number of hydrogen-bond acceptors (Lipinski definition) is 2. The van der Waals surface area contributed by atoms with Crippen LogP contribution in [0, 0.1) is 19.7 Å². The van der Waals surface area contributed by atoms with Gasteiger partial charge in [-0.15, -0.1) is 0 Å². The van der Waals surface area contributed by atoms with Crippen LogP contribution in [0.5, 0.6) is 0 Å². The smallest absolute Gasteiger partial charge is 0.134 e. The van der Waals surface area contributed by atoms with Crippen molar-refractivity contribution in [2.75, 3.05) is 5.32 Å². The lowest BCUT2D eigenvalue weighted by atomic mass is 10.1. The second-order valence-electron chi connectivity index (χ2n) is 5.00. The van der Waals surface area contributed by atoms with Crippen molar-refractivity contribution < 1.29 is 8.81 Å². The van der Waals surface area contributed by atoms with E-state index in [0.29, 0.717) is 6.54 Å². The highest BCUT2D eigenvalue weighted by Crippen LogP contribution is 2.26. The predicted octanol–water partition coefficient (Wildman–Crippen LogP) is 4.80. The SMILES string of the molecule is Cc1cc(F)cc(NCc2c(C)oc3ccccc23)c1. The molecule has 0 unspecified atom stereocenters. The number of nitrogens with one attached hydrogen (secondary N) is 1. The lowest BCUT2D eigenvalue weighted by Crippen LogP contribution is -2.00. The number of benzene rings is 2. The van der Waals surface area contributed by atoms with Crippen molar-refractivity contribution in [3.8, 4) is 0 Å². The van der Waals surface area contributed by atoms with Crippen molar-refractivity contribution in [1.82, 2.24) is 0 Å². The van der Waals surface area contributed by atoms with Crippen LogP contribution >= 0.6 is 0 Å². The lowest BCUT2D eigenvalue weighted by Gasteiger charge is -2.07. The standard InChI is InChI=1S/C17H16FNO/c1-11-7-13(18)9-14(8-11)19-10-16-12(2)20-17-6-4-3-5-15(16)17/h3-9,19H,10H2,1-2H3. The highest BCUT2D eigenvalue weighted by molar-refractivity contribution is 5.82. The first-order valence-corrected chi connectivity index (χ1v) is 6.61. The summed E-state index contributed by atoms with van der Waals surface area (Å²) in [6, 6.07) is 12.9. The Morgan fingerprint density at radius 3 is 2.70 bits per heavy atom. The van der Waals surface area contributed by atoms with Gasteiger partial charge in [-0.2, -0.15) is 0 Å². The Morgan fingerprint density at radius 1 is 1.10 bits per heavy atom. The van der Waals surface area contributed by atoms with E-state index < -0.39 is 0 Å². The molecular weight excluding hydrogens is 253 g/mol. The number of aryl methyl sites for hydroxylation is 2. The van der Waals surface area contributed by atoms with Crippen LogP contribution in [0.15, 0.2) is 46.9 Å². The van der Waals surface area contributed by atoms with Gasteiger partial charge in [0, 0.05) is 23.2 Å². The molecule has 0 saturated carbocycles. The van der Waals surface area contributed by atoms with Crippen LogP contribution in [0.2, 0.25) is 0 Å². The number of halogens is 1. The van der Waals surface area contributed by atoms with Gasteiger partial charge in [0.25, 0.3) is 0 Å². The minimum Gasteiger partial charge on any atom is -0.461 e. The maximum absolute atomic E-state index is 13.4. The Kier molecular flexibility index (Phi) is 3.18. The third-order valence-electron chi connectivity index (χ3n) is 3.41. The fourth-order valence-corrected chi connectivity index (χ4v) is 2.47. The molecule has 0 fully saturated rings. The molecule has 3 rings (SSSR count). The largest absolute Gasteiger partial charge is 0.461 e. The first kappa shape index (κ1) is 12.7. The Hall–Kier alpha value is -2.29. The molecule has 0 atom stereocenters. The Morgan fingerprint density at radius 2 is 1.90 bits per heavy atom. The number of hydrogen-bond donors (Lipinski definition) is 1. The maximum Gasteiger partial charge on any atom is 0.134 e. The quantitative estimate of drug-likeness (QED) is 0.738. The summed E-state index contributed by atoms with van der Waals surface area (Å²) in [6.07, 6.45) is 0. The van der Waals surface area contributed by atoms with Crippen LogP contribution in [0.3, 0.4) is 0 Å². The van der Waals surface area contributed by atoms with E-state index in [1.54, 1.807) is 0 Å². The summed E-state index contributed by atoms with van der Waals surface area (Å²) < 4.78 is 19.1. The highest BCUT2D eigenvalue weighted by atomic mass is 19.1. The van der Waals surface area contributed by atoms with Crippen molar-refractivity contribution in [2.45, 2.75) is 20.4 Å². The van der Waals surface area contributed by atoms with E-state index in [0.717, 1.165) is 33.5 Å². The first-order valence-electron chi connectivity index (χ1n) is 6.61. The summed E-state index contributed by atoms with van der Waals surface area (Å²) in [7, 11) is 0. The van der Waals surface area contributed by atoms with E-state index in [4.69, 9.17) is 4.42 Å². The fourth-order valence-electron chi connectivity index (χ4n) is 2.47. The maximum atomic E-state index is 13.4. The summed E-state index contributed by atoms with van der Waals surface area (Å²) in [4.78, 5) is 0. The minimum absolute atomic E-state index is 0.221. The van der Waals surface area contributed by atoms with Crippen molar-refractivity contribution in [3.05, 3.63) is 65.2 Å². The molecule has 0 aliphatic heterocycles. The Bertz CT molecular complexity index is 741. The second kappa shape index (κ2) is 5.00. The molecule has 0 amide bonds. The molecule has 2 aromatic carbocycles. The van der Waals surface area contributed by atoms with Gasteiger partial charge in [-0.1, -0.05) is 18.2 Å². The molecule has 0 spiro atoms. The van der Waals surface area contributed by atoms with E-state index in [2.05, 4.69) is 5.32 Å². The molecular formula is C17H16FNO. The van der Waals surface area contributed by atoms with E-state index in [1.807, 2.05) is 44.2 Å². The van der Waals surface area contributed by atoms with Gasteiger partial charge in [0.1, 0.15) is 17.2 Å². The topological polar surface area (TPSA) is 25.2 Å². The van der Waals surface area contributed by atoms with Crippen molar-refractivity contribution in [2.24, 2.45) is 0 Å². The highest BCUT2D eigenvalue weighted by Gasteiger charge is 2.10. The average molecular weight is 269 g/mol. The average Bonchev–Trinajstić information content (AvgIpc) is 2.71. The van der Waals surface area contributed by atoms with E-state index >= 15 is 0 Å². The summed E-state index contributed by atoms with van der Waals surface area (Å²) >= 11 is 0. The second-order valence-corrected chi connectivity index (χ2v) is 5.00. The van der Waals surface area contributed by atoms with Gasteiger partial charge >= 0.3 is 0 Å². The van der Waals surface area contributed by atoms with Gasteiger partial charge in [0.05, 0.1) is 0 Å². The van der Waals surface area contributed by atoms with Gasteiger partial charge in [-0.3, -0.25) is 0 Å². The fraction of sp³-hybridized carbons (Fsp3) is 0.176. The molecule has 1 heterocycles. The zero-order valence-corrected chi connectivity index (χ0v) is 11.5. The third kappa shape index (κ3) is 2.39. The summed E-state index contributed by atoms with van der Waals surface area (Å²) in [5.74, 6) is 0.674. The summed E-state index contributed by atoms with van der Waals surface area (Å²) in [5, 5.41) is 4.36. The molecule has 0 saturated heterocycles. The molecule has 3 heteroatoms. The molecule has 0 bridgehead atoms. The van der Waals surface area contributed by atoms with Gasteiger partial charge in [0.15, 0.2) is 0 Å². The summed E-state index contributed by atoms with van der Waals surface area (Å²) in [6.45, 7) is 4.45. The molecule has 1 N–H and O–H groups in total. The number of anilines is 1. The normalized spacial score (nSPS) is 10.9. The Balaban J connectivity index is 1.88. The monoisotopic (exact) mass is 269 g/mol. The van der Waals surface area contributed by atoms with Crippen LogP contribution < -0.4 is 5.32 Å². The molecule has 0 radical (unpaired) electrons. The molecule has 1 aromatic heterocycles. The van der Waals surface area contributed by atoms with E-state index in [-0.39, 0.29) is 5.82 Å². The number of fused-ring (bicyclic) bond motifs is 1. The zero-order valence-electron chi connectivity index (χ0n) is 11.5. The van der Waals surface area contributed by atoms with E-state index in [9.17, 15) is 4.39 Å². The molecule has 0 aliphatic carbocycles. The van der Waals surface area contributed by atoms with Gasteiger partial charge in [-0.05, 0) is 43.7 Å². The minimum atomic E-state index is -0.221. The van der Waals surface area contributed by atoms with Crippen LogP contribution in [0.4, 0.5) is 10.1 Å². The van der Waals surface area contributed by atoms with Crippen molar-refractivity contribution >= 4 is 16.7 Å². The van der Waals surface area contributed by atoms with Gasteiger partial charge in [0.2, 0.25) is 0 Å². The molecule has 20 heavy (non-hydrogen) atoms. The number of para-hydroxylation sites is 1. The van der Waals surface area contributed by atoms with Crippen molar-refractivity contribution in [1.29, 1.82) is 0 Å². The van der Waals surface area contributed by atoms with Crippen LogP contribution in [0.1, 0.15) is 16.9 Å². The Labute approximate surface area is 117 Å². The van der Waals surface area contributed by atoms with Gasteiger partial charge in [-0.25, -0.2) is 4.39 Å². The first-order chi connectivity index (χ1) is 9.63. The lowest BCUT2D eigenvalue weighted by molar-refractivity contribution is 0.573.